The maximum Gasteiger partial charge on any atom is 0.156 e. The van der Waals surface area contributed by atoms with Crippen LogP contribution in [0.4, 0.5) is 0 Å². The van der Waals surface area contributed by atoms with Crippen molar-refractivity contribution in [2.75, 3.05) is 13.3 Å². The molecule has 0 fully saturated rings. The summed E-state index contributed by atoms with van der Waals surface area (Å²) in [4.78, 5) is 13.6. The van der Waals surface area contributed by atoms with Crippen LogP contribution in [-0.4, -0.2) is 39.5 Å². The number of carbonyl (C=O) groups is 1. The van der Waals surface area contributed by atoms with Crippen molar-refractivity contribution in [1.82, 2.24) is 14.9 Å². The molecule has 4 nitrogen and oxygen atoms in total. The van der Waals surface area contributed by atoms with E-state index in [2.05, 4.69) is 28.8 Å². The number of Topliss-reactive ketones (excluding diaryl/α,β-unsaturated/α-hetero) is 1. The number of rotatable bonds is 7. The minimum absolute atomic E-state index is 0.156. The number of hydrogen-bond acceptors (Lipinski definition) is 6. The molecular formula is C16H21N3OS2. The fourth-order valence-corrected chi connectivity index (χ4v) is 3.57. The lowest BCUT2D eigenvalue weighted by Crippen LogP contribution is -2.49. The Balaban J connectivity index is 2.21. The zero-order valence-electron chi connectivity index (χ0n) is 13.3. The summed E-state index contributed by atoms with van der Waals surface area (Å²) in [5.74, 6) is 0.171. The molecule has 2 rings (SSSR count). The molecule has 2 aromatic rings. The van der Waals surface area contributed by atoms with Crippen LogP contribution in [0, 0.1) is 0 Å². The van der Waals surface area contributed by atoms with Crippen molar-refractivity contribution in [3.05, 3.63) is 35.2 Å². The highest BCUT2D eigenvalue weighted by Gasteiger charge is 2.33. The normalized spacial score (nSPS) is 13.1. The van der Waals surface area contributed by atoms with Gasteiger partial charge < -0.3 is 5.32 Å². The van der Waals surface area contributed by atoms with Crippen molar-refractivity contribution >= 4 is 29.1 Å². The van der Waals surface area contributed by atoms with Gasteiger partial charge in [0.2, 0.25) is 0 Å². The Kier molecular flexibility index (Phi) is 5.72. The van der Waals surface area contributed by atoms with Gasteiger partial charge in [0, 0.05) is 16.7 Å². The van der Waals surface area contributed by atoms with Crippen molar-refractivity contribution in [1.29, 1.82) is 0 Å². The summed E-state index contributed by atoms with van der Waals surface area (Å²) in [6, 6.07) is 9.68. The molecule has 0 aliphatic carbocycles. The van der Waals surface area contributed by atoms with E-state index in [4.69, 9.17) is 0 Å². The van der Waals surface area contributed by atoms with Gasteiger partial charge in [-0.3, -0.25) is 4.79 Å². The minimum atomic E-state index is -0.201. The van der Waals surface area contributed by atoms with Gasteiger partial charge in [0.25, 0.3) is 0 Å². The molecule has 1 aromatic heterocycles. The van der Waals surface area contributed by atoms with Crippen LogP contribution >= 0.6 is 23.3 Å². The van der Waals surface area contributed by atoms with E-state index in [9.17, 15) is 4.79 Å². The quantitative estimate of drug-likeness (QED) is 0.843. The number of hydrogen-bond donors (Lipinski definition) is 1. The first-order chi connectivity index (χ1) is 10.5. The van der Waals surface area contributed by atoms with Crippen LogP contribution < -0.4 is 5.32 Å². The summed E-state index contributed by atoms with van der Waals surface area (Å²) < 4.78 is 3.88. The number of nitrogens with zero attached hydrogens (tertiary/aromatic N) is 2. The molecule has 22 heavy (non-hydrogen) atoms. The standard InChI is InChI=1S/C16H21N3OS2/c1-16(2,21-4)15(17-3)12(20)10-13-14(18-19-22-13)11-8-6-5-7-9-11/h5-9,15,17H,10H2,1-4H3/t15-/m1/s1. The van der Waals surface area contributed by atoms with E-state index in [1.807, 2.05) is 43.6 Å². The van der Waals surface area contributed by atoms with E-state index in [0.717, 1.165) is 16.1 Å². The summed E-state index contributed by atoms with van der Waals surface area (Å²) in [7, 11) is 1.84. The van der Waals surface area contributed by atoms with Crippen LogP contribution in [0.3, 0.4) is 0 Å². The fraction of sp³-hybridized carbons (Fsp3) is 0.438. The van der Waals surface area contributed by atoms with E-state index in [0.29, 0.717) is 6.42 Å². The molecule has 0 saturated carbocycles. The van der Waals surface area contributed by atoms with Gasteiger partial charge in [0.05, 0.1) is 10.9 Å². The summed E-state index contributed by atoms with van der Waals surface area (Å²) in [6.07, 6.45) is 2.39. The SMILES string of the molecule is CN[C@H](C(=O)Cc1snnc1-c1ccccc1)C(C)(C)SC. The molecule has 0 saturated heterocycles. The maximum atomic E-state index is 12.7. The number of aromatic nitrogens is 2. The molecular weight excluding hydrogens is 314 g/mol. The number of benzene rings is 1. The van der Waals surface area contributed by atoms with E-state index < -0.39 is 0 Å². The van der Waals surface area contributed by atoms with Crippen LogP contribution in [0.5, 0.6) is 0 Å². The molecule has 0 aliphatic heterocycles. The van der Waals surface area contributed by atoms with Gasteiger partial charge in [-0.05, 0) is 38.7 Å². The Hall–Kier alpha value is -1.24. The van der Waals surface area contributed by atoms with Crippen LogP contribution in [0.25, 0.3) is 11.3 Å². The third kappa shape index (κ3) is 3.74. The van der Waals surface area contributed by atoms with Gasteiger partial charge >= 0.3 is 0 Å². The number of carbonyl (C=O) groups excluding carboxylic acids is 1. The summed E-state index contributed by atoms with van der Waals surface area (Å²) in [6.45, 7) is 4.17. The molecule has 0 aliphatic rings. The van der Waals surface area contributed by atoms with Crippen LogP contribution in [0.2, 0.25) is 0 Å². The van der Waals surface area contributed by atoms with Gasteiger partial charge in [0.1, 0.15) is 5.69 Å². The zero-order valence-corrected chi connectivity index (χ0v) is 14.9. The second-order valence-corrected chi connectivity index (χ2v) is 7.88. The lowest BCUT2D eigenvalue weighted by atomic mass is 9.96. The molecule has 0 radical (unpaired) electrons. The Bertz CT molecular complexity index is 625. The van der Waals surface area contributed by atoms with Crippen molar-refractivity contribution in [3.8, 4) is 11.3 Å². The molecule has 1 atom stereocenters. The molecule has 0 bridgehead atoms. The maximum absolute atomic E-state index is 12.7. The number of nitrogens with one attached hydrogen (secondary N) is 1. The fourth-order valence-electron chi connectivity index (χ4n) is 2.41. The number of likely N-dealkylation sites (N-methyl/N-ethyl adjacent to an activating group) is 1. The van der Waals surface area contributed by atoms with Crippen molar-refractivity contribution in [2.45, 2.75) is 31.1 Å². The predicted octanol–water partition coefficient (Wildman–Crippen LogP) is 3.05. The van der Waals surface area contributed by atoms with Crippen LogP contribution in [0.1, 0.15) is 18.7 Å². The Labute approximate surface area is 139 Å². The molecule has 1 heterocycles. The second kappa shape index (κ2) is 7.35. The lowest BCUT2D eigenvalue weighted by Gasteiger charge is -2.31. The largest absolute Gasteiger partial charge is 0.309 e. The molecule has 1 aromatic carbocycles. The average molecular weight is 335 g/mol. The first-order valence-electron chi connectivity index (χ1n) is 7.11. The van der Waals surface area contributed by atoms with E-state index >= 15 is 0 Å². The number of ketones is 1. The Morgan fingerprint density at radius 2 is 2.05 bits per heavy atom. The smallest absolute Gasteiger partial charge is 0.156 e. The van der Waals surface area contributed by atoms with E-state index in [1.165, 1.54) is 11.5 Å². The monoisotopic (exact) mass is 335 g/mol. The topological polar surface area (TPSA) is 54.9 Å². The van der Waals surface area contributed by atoms with Gasteiger partial charge in [-0.1, -0.05) is 34.8 Å². The third-order valence-electron chi connectivity index (χ3n) is 3.77. The first-order valence-corrected chi connectivity index (χ1v) is 9.11. The van der Waals surface area contributed by atoms with Crippen LogP contribution in [0.15, 0.2) is 30.3 Å². The van der Waals surface area contributed by atoms with E-state index in [-0.39, 0.29) is 16.6 Å². The van der Waals surface area contributed by atoms with Crippen molar-refractivity contribution in [2.24, 2.45) is 0 Å². The average Bonchev–Trinajstić information content (AvgIpc) is 2.96. The predicted molar refractivity (Wildman–Crippen MR) is 94.5 cm³/mol. The van der Waals surface area contributed by atoms with Crippen molar-refractivity contribution < 1.29 is 4.79 Å². The highest BCUT2D eigenvalue weighted by Crippen LogP contribution is 2.29. The van der Waals surface area contributed by atoms with Crippen molar-refractivity contribution in [3.63, 3.8) is 0 Å². The Morgan fingerprint density at radius 1 is 1.36 bits per heavy atom. The molecule has 0 unspecified atom stereocenters. The summed E-state index contributed by atoms with van der Waals surface area (Å²) in [5, 5.41) is 7.36. The molecule has 6 heteroatoms. The van der Waals surface area contributed by atoms with Gasteiger partial charge in [-0.25, -0.2) is 0 Å². The highest BCUT2D eigenvalue weighted by atomic mass is 32.2. The summed E-state index contributed by atoms with van der Waals surface area (Å²) in [5.41, 5.74) is 1.82. The third-order valence-corrected chi connectivity index (χ3v) is 5.78. The zero-order chi connectivity index (χ0) is 16.2. The van der Waals surface area contributed by atoms with Gasteiger partial charge in [-0.15, -0.1) is 5.10 Å². The second-order valence-electron chi connectivity index (χ2n) is 5.58. The minimum Gasteiger partial charge on any atom is -0.309 e. The highest BCUT2D eigenvalue weighted by molar-refractivity contribution is 8.00. The van der Waals surface area contributed by atoms with E-state index in [1.54, 1.807) is 11.8 Å². The Morgan fingerprint density at radius 3 is 2.64 bits per heavy atom. The van der Waals surface area contributed by atoms with Crippen LogP contribution in [-0.2, 0) is 11.2 Å². The summed E-state index contributed by atoms with van der Waals surface area (Å²) >= 11 is 2.99. The van der Waals surface area contributed by atoms with Gasteiger partial charge in [0.15, 0.2) is 5.78 Å². The molecule has 0 spiro atoms. The molecule has 0 amide bonds. The first kappa shape index (κ1) is 17.1. The molecule has 118 valence electrons. The van der Waals surface area contributed by atoms with Gasteiger partial charge in [-0.2, -0.15) is 11.8 Å². The lowest BCUT2D eigenvalue weighted by molar-refractivity contribution is -0.120. The number of thioether (sulfide) groups is 1. The molecule has 1 N–H and O–H groups in total.